The highest BCUT2D eigenvalue weighted by atomic mass is 19.4. The molecule has 0 aliphatic heterocycles. The molecular formula is C30H30F3N5O6. The molecule has 1 amide bonds. The van der Waals surface area contributed by atoms with Crippen LogP contribution in [-0.2, 0) is 36.3 Å². The average molecular weight is 614 g/mol. The topological polar surface area (TPSA) is 126 Å². The fourth-order valence-corrected chi connectivity index (χ4v) is 5.52. The van der Waals surface area contributed by atoms with E-state index in [9.17, 15) is 37.1 Å². The third kappa shape index (κ3) is 5.03. The number of carbonyl (C=O) groups excluding carboxylic acids is 2. The number of aromatic nitrogens is 4. The van der Waals surface area contributed by atoms with Crippen molar-refractivity contribution in [1.82, 2.24) is 23.6 Å². The predicted molar refractivity (Wildman–Crippen MR) is 154 cm³/mol. The van der Waals surface area contributed by atoms with Gasteiger partial charge in [-0.2, -0.15) is 13.2 Å². The van der Waals surface area contributed by atoms with Crippen molar-refractivity contribution in [2.75, 3.05) is 6.61 Å². The van der Waals surface area contributed by atoms with E-state index in [0.29, 0.717) is 22.0 Å². The summed E-state index contributed by atoms with van der Waals surface area (Å²) >= 11 is 0. The highest BCUT2D eigenvalue weighted by Crippen LogP contribution is 2.34. The third-order valence-electron chi connectivity index (χ3n) is 8.26. The van der Waals surface area contributed by atoms with Gasteiger partial charge in [-0.05, 0) is 68.5 Å². The van der Waals surface area contributed by atoms with E-state index in [1.54, 1.807) is 27.1 Å². The first-order valence-electron chi connectivity index (χ1n) is 13.9. The van der Waals surface area contributed by atoms with Crippen LogP contribution in [0.5, 0.6) is 0 Å². The summed E-state index contributed by atoms with van der Waals surface area (Å²) in [5.41, 5.74) is -3.99. The van der Waals surface area contributed by atoms with Gasteiger partial charge in [0.05, 0.1) is 35.4 Å². The van der Waals surface area contributed by atoms with Crippen LogP contribution in [0, 0.1) is 6.92 Å². The van der Waals surface area contributed by atoms with Crippen molar-refractivity contribution >= 4 is 22.9 Å². The second-order valence-electron chi connectivity index (χ2n) is 10.9. The van der Waals surface area contributed by atoms with E-state index < -0.39 is 52.5 Å². The second-order valence-corrected chi connectivity index (χ2v) is 10.9. The second kappa shape index (κ2) is 11.0. The number of halogens is 3. The van der Waals surface area contributed by atoms with Crippen LogP contribution in [0.15, 0.2) is 57.0 Å². The van der Waals surface area contributed by atoms with Crippen LogP contribution in [0.25, 0.3) is 16.7 Å². The fourth-order valence-electron chi connectivity index (χ4n) is 5.52. The van der Waals surface area contributed by atoms with E-state index in [2.05, 4.69) is 5.32 Å². The molecule has 0 bridgehead atoms. The zero-order valence-corrected chi connectivity index (χ0v) is 24.4. The van der Waals surface area contributed by atoms with E-state index in [4.69, 9.17) is 4.74 Å². The monoisotopic (exact) mass is 613 g/mol. The molecule has 1 N–H and O–H groups in total. The highest BCUT2D eigenvalue weighted by molar-refractivity contribution is 5.98. The molecule has 1 aliphatic rings. The number of hydrogen-bond acceptors (Lipinski definition) is 6. The summed E-state index contributed by atoms with van der Waals surface area (Å²) in [6.45, 7) is 2.37. The van der Waals surface area contributed by atoms with Crippen molar-refractivity contribution in [3.63, 3.8) is 0 Å². The van der Waals surface area contributed by atoms with Crippen LogP contribution in [-0.4, -0.2) is 42.3 Å². The first-order chi connectivity index (χ1) is 20.7. The first kappa shape index (κ1) is 30.6. The van der Waals surface area contributed by atoms with Crippen LogP contribution in [0.1, 0.15) is 53.2 Å². The van der Waals surface area contributed by atoms with Gasteiger partial charge < -0.3 is 10.1 Å². The van der Waals surface area contributed by atoms with Gasteiger partial charge in [0.25, 0.3) is 11.5 Å². The normalized spacial score (nSPS) is 14.3. The number of carbonyl (C=O) groups is 2. The van der Waals surface area contributed by atoms with Crippen molar-refractivity contribution in [3.8, 4) is 5.69 Å². The number of nitrogens with one attached hydrogen (secondary N) is 1. The maximum absolute atomic E-state index is 13.8. The fraction of sp³-hybridized carbons (Fsp3) is 0.367. The van der Waals surface area contributed by atoms with Crippen molar-refractivity contribution in [3.05, 3.63) is 96.2 Å². The van der Waals surface area contributed by atoms with Crippen molar-refractivity contribution in [2.45, 2.75) is 51.4 Å². The number of esters is 1. The largest absolute Gasteiger partial charge is 0.464 e. The summed E-state index contributed by atoms with van der Waals surface area (Å²) in [5.74, 6) is -1.59. The number of aryl methyl sites for hydroxylation is 2. The van der Waals surface area contributed by atoms with Gasteiger partial charge >= 0.3 is 23.5 Å². The number of nitrogens with zero attached hydrogens (tertiary/aromatic N) is 4. The summed E-state index contributed by atoms with van der Waals surface area (Å²) in [6.07, 6.45) is -2.43. The van der Waals surface area contributed by atoms with Gasteiger partial charge in [0.1, 0.15) is 11.1 Å². The molecule has 14 heteroatoms. The zero-order chi connectivity index (χ0) is 32.1. The standard InChI is InChI=1S/C30H30F3N5O6/c1-5-44-26(41)29(12-7-13-29)34-24(39)20-16-37(19-10-11-22-23(14-19)36(4)27(42)35(22)3)28(43)38(25(20)40)15-18-8-6-9-21(17(18)2)30(31,32)33/h6,8-11,14,16H,5,7,12-13,15H2,1-4H3,(H,34,39). The molecule has 2 heterocycles. The SMILES string of the molecule is CCOC(=O)C1(NC(=O)c2cn(-c3ccc4c(c3)n(C)c(=O)n4C)c(=O)n(Cc3cccc(C(F)(F)F)c3C)c2=O)CCC1. The number of hydrogen-bond donors (Lipinski definition) is 1. The molecule has 2 aromatic carbocycles. The van der Waals surface area contributed by atoms with E-state index >= 15 is 0 Å². The number of imidazole rings is 1. The molecule has 2 aromatic heterocycles. The Morgan fingerprint density at radius 1 is 1.00 bits per heavy atom. The molecule has 4 aromatic rings. The van der Waals surface area contributed by atoms with Gasteiger partial charge in [-0.1, -0.05) is 12.1 Å². The van der Waals surface area contributed by atoms with Crippen molar-refractivity contribution < 1.29 is 27.5 Å². The molecule has 1 fully saturated rings. The summed E-state index contributed by atoms with van der Waals surface area (Å²) in [7, 11) is 3.12. The maximum Gasteiger partial charge on any atom is 0.416 e. The molecular weight excluding hydrogens is 583 g/mol. The molecule has 11 nitrogen and oxygen atoms in total. The van der Waals surface area contributed by atoms with Gasteiger partial charge in [-0.3, -0.25) is 27.9 Å². The predicted octanol–water partition coefficient (Wildman–Crippen LogP) is 2.78. The summed E-state index contributed by atoms with van der Waals surface area (Å²) in [4.78, 5) is 66.3. The Hall–Kier alpha value is -4.88. The summed E-state index contributed by atoms with van der Waals surface area (Å²) < 4.78 is 50.5. The van der Waals surface area contributed by atoms with Gasteiger partial charge in [0, 0.05) is 20.3 Å². The highest BCUT2D eigenvalue weighted by Gasteiger charge is 2.47. The van der Waals surface area contributed by atoms with Crippen LogP contribution >= 0.6 is 0 Å². The molecule has 5 rings (SSSR count). The molecule has 44 heavy (non-hydrogen) atoms. The Kier molecular flexibility index (Phi) is 7.64. The zero-order valence-electron chi connectivity index (χ0n) is 24.4. The Balaban J connectivity index is 1.70. The lowest BCUT2D eigenvalue weighted by atomic mass is 9.76. The van der Waals surface area contributed by atoms with E-state index in [1.165, 1.54) is 40.3 Å². The number of benzene rings is 2. The number of ether oxygens (including phenoxy) is 1. The van der Waals surface area contributed by atoms with Crippen molar-refractivity contribution in [2.24, 2.45) is 14.1 Å². The van der Waals surface area contributed by atoms with E-state index in [1.807, 2.05) is 0 Å². The third-order valence-corrected chi connectivity index (χ3v) is 8.26. The smallest absolute Gasteiger partial charge is 0.416 e. The minimum absolute atomic E-state index is 0.0472. The quantitative estimate of drug-likeness (QED) is 0.320. The molecule has 0 atom stereocenters. The minimum Gasteiger partial charge on any atom is -0.464 e. The van der Waals surface area contributed by atoms with Gasteiger partial charge in [0.2, 0.25) is 0 Å². The number of fused-ring (bicyclic) bond motifs is 1. The molecule has 0 saturated heterocycles. The van der Waals surface area contributed by atoms with Crippen LogP contribution in [0.4, 0.5) is 13.2 Å². The van der Waals surface area contributed by atoms with Crippen molar-refractivity contribution in [1.29, 1.82) is 0 Å². The molecule has 1 aliphatic carbocycles. The first-order valence-corrected chi connectivity index (χ1v) is 13.9. The van der Waals surface area contributed by atoms with Gasteiger partial charge in [-0.15, -0.1) is 0 Å². The molecule has 232 valence electrons. The Labute approximate surface area is 248 Å². The molecule has 1 saturated carbocycles. The lowest BCUT2D eigenvalue weighted by molar-refractivity contribution is -0.154. The summed E-state index contributed by atoms with van der Waals surface area (Å²) in [5, 5.41) is 2.61. The van der Waals surface area contributed by atoms with E-state index in [0.717, 1.165) is 16.8 Å². The van der Waals surface area contributed by atoms with Crippen LogP contribution < -0.4 is 22.3 Å². The Morgan fingerprint density at radius 3 is 2.30 bits per heavy atom. The Morgan fingerprint density at radius 2 is 1.68 bits per heavy atom. The van der Waals surface area contributed by atoms with Gasteiger partial charge in [0.15, 0.2) is 0 Å². The minimum atomic E-state index is -4.67. The number of alkyl halides is 3. The molecule has 0 radical (unpaired) electrons. The lowest BCUT2D eigenvalue weighted by Gasteiger charge is -2.39. The number of amides is 1. The molecule has 0 unspecified atom stereocenters. The van der Waals surface area contributed by atoms with Gasteiger partial charge in [-0.25, -0.2) is 14.4 Å². The summed E-state index contributed by atoms with van der Waals surface area (Å²) in [6, 6.07) is 8.07. The van der Waals surface area contributed by atoms with Crippen LogP contribution in [0.3, 0.4) is 0 Å². The number of rotatable bonds is 7. The Bertz CT molecular complexity index is 2000. The maximum atomic E-state index is 13.8. The van der Waals surface area contributed by atoms with Crippen LogP contribution in [0.2, 0.25) is 0 Å². The van der Waals surface area contributed by atoms with E-state index in [-0.39, 0.29) is 42.0 Å². The average Bonchev–Trinajstić information content (AvgIpc) is 3.16. The lowest BCUT2D eigenvalue weighted by Crippen LogP contribution is -2.60. The molecule has 0 spiro atoms.